The molecule has 3 rings (SSSR count). The molecule has 1 heterocycles. The number of benzene rings is 2. The summed E-state index contributed by atoms with van der Waals surface area (Å²) in [5.41, 5.74) is 2.26. The van der Waals surface area contributed by atoms with Gasteiger partial charge in [0.25, 0.3) is 5.91 Å². The molecule has 1 aromatic heterocycles. The zero-order chi connectivity index (χ0) is 16.4. The van der Waals surface area contributed by atoms with E-state index in [1.807, 2.05) is 13.8 Å². The lowest BCUT2D eigenvalue weighted by Gasteiger charge is -2.26. The fraction of sp³-hybridized carbons (Fsp3) is 0.222. The fourth-order valence-electron chi connectivity index (χ4n) is 2.59. The summed E-state index contributed by atoms with van der Waals surface area (Å²) in [6, 6.07) is 11.9. The monoisotopic (exact) mass is 311 g/mol. The van der Waals surface area contributed by atoms with E-state index < -0.39 is 5.41 Å². The second-order valence-corrected chi connectivity index (χ2v) is 6.18. The molecular formula is C18H18FN3O. The third-order valence-corrected chi connectivity index (χ3v) is 3.98. The first kappa shape index (κ1) is 15.2. The Morgan fingerprint density at radius 1 is 1.26 bits per heavy atom. The van der Waals surface area contributed by atoms with Crippen molar-refractivity contribution in [3.63, 3.8) is 0 Å². The minimum atomic E-state index is -0.501. The molecular weight excluding hydrogens is 293 g/mol. The van der Waals surface area contributed by atoms with Crippen LogP contribution in [0.15, 0.2) is 48.8 Å². The van der Waals surface area contributed by atoms with E-state index >= 15 is 0 Å². The largest absolute Gasteiger partial charge is 0.351 e. The number of aromatic nitrogens is 2. The van der Waals surface area contributed by atoms with Crippen LogP contribution >= 0.6 is 0 Å². The Bertz CT molecular complexity index is 854. The number of aromatic amines is 1. The number of rotatable bonds is 4. The lowest BCUT2D eigenvalue weighted by atomic mass is 9.84. The number of nitrogens with one attached hydrogen (secondary N) is 2. The van der Waals surface area contributed by atoms with Crippen LogP contribution in [0.2, 0.25) is 0 Å². The van der Waals surface area contributed by atoms with E-state index in [2.05, 4.69) is 15.3 Å². The molecule has 118 valence electrons. The smallest absolute Gasteiger partial charge is 0.251 e. The maximum atomic E-state index is 13.9. The number of carbonyl (C=O) groups is 1. The number of halogens is 1. The summed E-state index contributed by atoms with van der Waals surface area (Å²) in [4.78, 5) is 19.4. The Morgan fingerprint density at radius 2 is 2.04 bits per heavy atom. The third-order valence-electron chi connectivity index (χ3n) is 3.98. The highest BCUT2D eigenvalue weighted by Crippen LogP contribution is 2.25. The number of imidazole rings is 1. The molecule has 2 aromatic carbocycles. The Hall–Kier alpha value is -2.69. The van der Waals surface area contributed by atoms with E-state index in [1.54, 1.807) is 42.7 Å². The fourth-order valence-corrected chi connectivity index (χ4v) is 2.59. The van der Waals surface area contributed by atoms with Crippen LogP contribution in [0.4, 0.5) is 4.39 Å². The number of H-pyrrole nitrogens is 1. The van der Waals surface area contributed by atoms with Crippen LogP contribution in [0, 0.1) is 5.82 Å². The summed E-state index contributed by atoms with van der Waals surface area (Å²) < 4.78 is 13.9. The summed E-state index contributed by atoms with van der Waals surface area (Å²) >= 11 is 0. The quantitative estimate of drug-likeness (QED) is 0.776. The maximum Gasteiger partial charge on any atom is 0.251 e. The molecule has 0 aliphatic rings. The Labute approximate surface area is 133 Å². The van der Waals surface area contributed by atoms with Gasteiger partial charge in [-0.2, -0.15) is 0 Å². The van der Waals surface area contributed by atoms with Crippen LogP contribution in [0.25, 0.3) is 11.0 Å². The van der Waals surface area contributed by atoms with E-state index in [1.165, 1.54) is 6.07 Å². The van der Waals surface area contributed by atoms with Gasteiger partial charge in [0.15, 0.2) is 0 Å². The highest BCUT2D eigenvalue weighted by Gasteiger charge is 2.24. The molecule has 0 saturated heterocycles. The van der Waals surface area contributed by atoms with Gasteiger partial charge < -0.3 is 10.3 Å². The van der Waals surface area contributed by atoms with Gasteiger partial charge in [-0.1, -0.05) is 32.0 Å². The predicted octanol–water partition coefficient (Wildman–Crippen LogP) is 3.41. The number of fused-ring (bicyclic) bond motifs is 1. The highest BCUT2D eigenvalue weighted by atomic mass is 19.1. The molecule has 1 amide bonds. The number of hydrogen-bond donors (Lipinski definition) is 2. The van der Waals surface area contributed by atoms with Gasteiger partial charge in [0, 0.05) is 17.5 Å². The van der Waals surface area contributed by atoms with E-state index in [9.17, 15) is 9.18 Å². The van der Waals surface area contributed by atoms with E-state index in [0.29, 0.717) is 17.7 Å². The molecule has 0 spiro atoms. The molecule has 0 fully saturated rings. The number of carbonyl (C=O) groups excluding carboxylic acids is 1. The van der Waals surface area contributed by atoms with Gasteiger partial charge in [-0.25, -0.2) is 9.37 Å². The zero-order valence-corrected chi connectivity index (χ0v) is 13.1. The minimum Gasteiger partial charge on any atom is -0.351 e. The normalized spacial score (nSPS) is 11.6. The zero-order valence-electron chi connectivity index (χ0n) is 13.1. The van der Waals surface area contributed by atoms with E-state index in [4.69, 9.17) is 0 Å². The van der Waals surface area contributed by atoms with Crippen LogP contribution < -0.4 is 5.32 Å². The molecule has 0 atom stereocenters. The third kappa shape index (κ3) is 3.08. The number of amides is 1. The first-order valence-corrected chi connectivity index (χ1v) is 7.44. The van der Waals surface area contributed by atoms with Crippen molar-refractivity contribution in [1.29, 1.82) is 0 Å². The van der Waals surface area contributed by atoms with Crippen molar-refractivity contribution in [1.82, 2.24) is 15.3 Å². The van der Waals surface area contributed by atoms with E-state index in [-0.39, 0.29) is 11.7 Å². The second-order valence-electron chi connectivity index (χ2n) is 6.18. The number of hydrogen-bond acceptors (Lipinski definition) is 2. The Balaban J connectivity index is 1.74. The van der Waals surface area contributed by atoms with Gasteiger partial charge in [-0.05, 0) is 29.8 Å². The molecule has 23 heavy (non-hydrogen) atoms. The number of nitrogens with zero attached hydrogens (tertiary/aromatic N) is 1. The van der Waals surface area contributed by atoms with Gasteiger partial charge >= 0.3 is 0 Å². The molecule has 0 unspecified atom stereocenters. The predicted molar refractivity (Wildman–Crippen MR) is 87.9 cm³/mol. The molecule has 2 N–H and O–H groups in total. The first-order chi connectivity index (χ1) is 11.0. The molecule has 0 aliphatic carbocycles. The first-order valence-electron chi connectivity index (χ1n) is 7.44. The lowest BCUT2D eigenvalue weighted by molar-refractivity contribution is 0.0945. The molecule has 0 aliphatic heterocycles. The van der Waals surface area contributed by atoms with Crippen molar-refractivity contribution < 1.29 is 9.18 Å². The second kappa shape index (κ2) is 5.83. The summed E-state index contributed by atoms with van der Waals surface area (Å²) in [5.74, 6) is -0.448. The van der Waals surface area contributed by atoms with Crippen molar-refractivity contribution in [2.24, 2.45) is 0 Å². The van der Waals surface area contributed by atoms with Crippen molar-refractivity contribution in [3.05, 3.63) is 65.7 Å². The SMILES string of the molecule is CC(C)(CNC(=O)c1ccc2nc[nH]c2c1)c1ccccc1F. The average Bonchev–Trinajstić information content (AvgIpc) is 3.00. The summed E-state index contributed by atoms with van der Waals surface area (Å²) in [5, 5.41) is 2.88. The summed E-state index contributed by atoms with van der Waals surface area (Å²) in [6.07, 6.45) is 1.59. The van der Waals surface area contributed by atoms with Crippen LogP contribution in [-0.2, 0) is 5.41 Å². The van der Waals surface area contributed by atoms with Crippen molar-refractivity contribution in [3.8, 4) is 0 Å². The van der Waals surface area contributed by atoms with Gasteiger partial charge in [0.2, 0.25) is 0 Å². The van der Waals surface area contributed by atoms with Crippen LogP contribution in [0.3, 0.4) is 0 Å². The van der Waals surface area contributed by atoms with E-state index in [0.717, 1.165) is 11.0 Å². The van der Waals surface area contributed by atoms with Crippen LogP contribution in [0.5, 0.6) is 0 Å². The standard InChI is InChI=1S/C18H18FN3O/c1-18(2,13-5-3-4-6-14(13)19)10-20-17(23)12-7-8-15-16(9-12)22-11-21-15/h3-9,11H,10H2,1-2H3,(H,20,23)(H,21,22). The molecule has 4 nitrogen and oxygen atoms in total. The topological polar surface area (TPSA) is 57.8 Å². The van der Waals surface area contributed by atoms with Crippen LogP contribution in [-0.4, -0.2) is 22.4 Å². The van der Waals surface area contributed by atoms with Gasteiger partial charge in [-0.3, -0.25) is 4.79 Å². The molecule has 3 aromatic rings. The van der Waals surface area contributed by atoms with Gasteiger partial charge in [-0.15, -0.1) is 0 Å². The molecule has 0 radical (unpaired) electrons. The van der Waals surface area contributed by atoms with Crippen LogP contribution in [0.1, 0.15) is 29.8 Å². The maximum absolute atomic E-state index is 13.9. The lowest BCUT2D eigenvalue weighted by Crippen LogP contribution is -2.37. The molecule has 0 bridgehead atoms. The van der Waals surface area contributed by atoms with Crippen molar-refractivity contribution >= 4 is 16.9 Å². The molecule has 0 saturated carbocycles. The average molecular weight is 311 g/mol. The highest BCUT2D eigenvalue weighted by molar-refractivity contribution is 5.97. The van der Waals surface area contributed by atoms with Gasteiger partial charge in [0.1, 0.15) is 5.82 Å². The van der Waals surface area contributed by atoms with Crippen molar-refractivity contribution in [2.45, 2.75) is 19.3 Å². The Kier molecular flexibility index (Phi) is 3.86. The summed E-state index contributed by atoms with van der Waals surface area (Å²) in [6.45, 7) is 4.15. The van der Waals surface area contributed by atoms with Crippen molar-refractivity contribution in [2.75, 3.05) is 6.54 Å². The van der Waals surface area contributed by atoms with Gasteiger partial charge in [0.05, 0.1) is 17.4 Å². The molecule has 5 heteroatoms. The summed E-state index contributed by atoms with van der Waals surface area (Å²) in [7, 11) is 0. The minimum absolute atomic E-state index is 0.189. The Morgan fingerprint density at radius 3 is 2.83 bits per heavy atom.